The first-order valence-electron chi connectivity index (χ1n) is 3.77. The van der Waals surface area contributed by atoms with E-state index in [0.29, 0.717) is 11.7 Å². The number of hydrogen-bond donors (Lipinski definition) is 1. The molecule has 0 saturated carbocycles. The standard InChI is InChI=1S/C9H16N2/c1-4-5-9(10)11-7-6-8(2)3/h4-5,7-8H,1,6,10H2,2-3H3/b9-5-,11-7-. The molecule has 0 aromatic carbocycles. The Morgan fingerprint density at radius 2 is 2.27 bits per heavy atom. The fourth-order valence-electron chi connectivity index (χ4n) is 0.533. The summed E-state index contributed by atoms with van der Waals surface area (Å²) in [7, 11) is 0. The van der Waals surface area contributed by atoms with Gasteiger partial charge in [-0.3, -0.25) is 0 Å². The molecule has 2 heteroatoms. The van der Waals surface area contributed by atoms with Gasteiger partial charge in [-0.2, -0.15) is 0 Å². The lowest BCUT2D eigenvalue weighted by Gasteiger charge is -1.95. The van der Waals surface area contributed by atoms with Gasteiger partial charge in [0.05, 0.1) is 0 Å². The molecule has 0 heterocycles. The molecule has 2 N–H and O–H groups in total. The molecule has 0 spiro atoms. The van der Waals surface area contributed by atoms with Crippen molar-refractivity contribution in [2.24, 2.45) is 16.6 Å². The van der Waals surface area contributed by atoms with E-state index < -0.39 is 0 Å². The normalized spacial score (nSPS) is 12.8. The highest BCUT2D eigenvalue weighted by Gasteiger charge is 1.87. The Kier molecular flexibility index (Phi) is 5.17. The molecule has 0 amide bonds. The summed E-state index contributed by atoms with van der Waals surface area (Å²) in [4.78, 5) is 4.00. The van der Waals surface area contributed by atoms with Crippen LogP contribution in [0.3, 0.4) is 0 Å². The van der Waals surface area contributed by atoms with Crippen LogP contribution in [-0.4, -0.2) is 6.21 Å². The molecule has 62 valence electrons. The number of nitrogens with zero attached hydrogens (tertiary/aromatic N) is 1. The fraction of sp³-hybridized carbons (Fsp3) is 0.444. The third-order valence-electron chi connectivity index (χ3n) is 1.11. The highest BCUT2D eigenvalue weighted by Crippen LogP contribution is 1.96. The van der Waals surface area contributed by atoms with Gasteiger partial charge in [-0.1, -0.05) is 26.5 Å². The van der Waals surface area contributed by atoms with E-state index in [-0.39, 0.29) is 0 Å². The van der Waals surface area contributed by atoms with Gasteiger partial charge in [-0.25, -0.2) is 4.99 Å². The van der Waals surface area contributed by atoms with E-state index in [1.54, 1.807) is 12.2 Å². The molecule has 0 bridgehead atoms. The van der Waals surface area contributed by atoms with Crippen molar-refractivity contribution in [3.63, 3.8) is 0 Å². The summed E-state index contributed by atoms with van der Waals surface area (Å²) in [5.41, 5.74) is 5.46. The molecule has 0 rings (SSSR count). The van der Waals surface area contributed by atoms with E-state index >= 15 is 0 Å². The largest absolute Gasteiger partial charge is 0.384 e. The van der Waals surface area contributed by atoms with E-state index in [9.17, 15) is 0 Å². The van der Waals surface area contributed by atoms with Crippen molar-refractivity contribution in [3.8, 4) is 0 Å². The second-order valence-electron chi connectivity index (χ2n) is 2.77. The van der Waals surface area contributed by atoms with Crippen molar-refractivity contribution < 1.29 is 0 Å². The first-order chi connectivity index (χ1) is 5.16. The summed E-state index contributed by atoms with van der Waals surface area (Å²) < 4.78 is 0. The molecule has 0 radical (unpaired) electrons. The summed E-state index contributed by atoms with van der Waals surface area (Å²) in [6.07, 6.45) is 6.10. The lowest BCUT2D eigenvalue weighted by atomic mass is 10.2. The van der Waals surface area contributed by atoms with Gasteiger partial charge in [-0.15, -0.1) is 0 Å². The molecule has 0 aliphatic rings. The molecule has 0 unspecified atom stereocenters. The van der Waals surface area contributed by atoms with Crippen molar-refractivity contribution in [1.82, 2.24) is 0 Å². The molecule has 0 aromatic rings. The van der Waals surface area contributed by atoms with E-state index in [4.69, 9.17) is 5.73 Å². The quantitative estimate of drug-likeness (QED) is 0.486. The van der Waals surface area contributed by atoms with Crippen LogP contribution in [0.4, 0.5) is 0 Å². The maximum Gasteiger partial charge on any atom is 0.122 e. The molecular formula is C9H16N2. The number of aliphatic imine (C=N–C) groups is 1. The highest BCUT2D eigenvalue weighted by molar-refractivity contribution is 5.59. The lowest BCUT2D eigenvalue weighted by Crippen LogP contribution is -1.94. The minimum atomic E-state index is 0.514. The Morgan fingerprint density at radius 1 is 1.64 bits per heavy atom. The SMILES string of the molecule is C=C/C=C(N)\N=C/CC(C)C. The fourth-order valence-corrected chi connectivity index (χ4v) is 0.533. The van der Waals surface area contributed by atoms with Gasteiger partial charge in [-0.05, 0) is 18.4 Å². The summed E-state index contributed by atoms with van der Waals surface area (Å²) in [5.74, 6) is 1.15. The zero-order chi connectivity index (χ0) is 8.69. The first kappa shape index (κ1) is 9.95. The smallest absolute Gasteiger partial charge is 0.122 e. The van der Waals surface area contributed by atoms with Gasteiger partial charge in [0.25, 0.3) is 0 Å². The molecule has 0 aromatic heterocycles. The number of rotatable bonds is 4. The van der Waals surface area contributed by atoms with Crippen LogP contribution >= 0.6 is 0 Å². The Labute approximate surface area is 68.5 Å². The average Bonchev–Trinajstić information content (AvgIpc) is 1.87. The second kappa shape index (κ2) is 5.71. The summed E-state index contributed by atoms with van der Waals surface area (Å²) in [5, 5.41) is 0. The topological polar surface area (TPSA) is 38.4 Å². The van der Waals surface area contributed by atoms with Gasteiger partial charge in [0, 0.05) is 6.21 Å². The van der Waals surface area contributed by atoms with Crippen LogP contribution in [0.25, 0.3) is 0 Å². The van der Waals surface area contributed by atoms with Crippen LogP contribution in [0, 0.1) is 5.92 Å². The van der Waals surface area contributed by atoms with Gasteiger partial charge in [0.2, 0.25) is 0 Å². The van der Waals surface area contributed by atoms with Crippen molar-refractivity contribution in [2.45, 2.75) is 20.3 Å². The Bertz CT molecular complexity index is 166. The van der Waals surface area contributed by atoms with Crippen molar-refractivity contribution in [2.75, 3.05) is 0 Å². The summed E-state index contributed by atoms with van der Waals surface area (Å²) in [6, 6.07) is 0. The molecule has 0 atom stereocenters. The Morgan fingerprint density at radius 3 is 2.73 bits per heavy atom. The third kappa shape index (κ3) is 6.84. The van der Waals surface area contributed by atoms with Crippen LogP contribution in [-0.2, 0) is 0 Å². The molecule has 0 saturated heterocycles. The van der Waals surface area contributed by atoms with E-state index in [1.807, 2.05) is 6.21 Å². The predicted molar refractivity (Wildman–Crippen MR) is 50.4 cm³/mol. The van der Waals surface area contributed by atoms with Crippen LogP contribution < -0.4 is 5.73 Å². The minimum Gasteiger partial charge on any atom is -0.384 e. The average molecular weight is 152 g/mol. The van der Waals surface area contributed by atoms with E-state index in [0.717, 1.165) is 6.42 Å². The van der Waals surface area contributed by atoms with Crippen LogP contribution in [0.1, 0.15) is 20.3 Å². The zero-order valence-electron chi connectivity index (χ0n) is 7.25. The molecule has 0 fully saturated rings. The first-order valence-corrected chi connectivity index (χ1v) is 3.77. The lowest BCUT2D eigenvalue weighted by molar-refractivity contribution is 0.690. The van der Waals surface area contributed by atoms with Gasteiger partial charge in [0.15, 0.2) is 0 Å². The monoisotopic (exact) mass is 152 g/mol. The van der Waals surface area contributed by atoms with Gasteiger partial charge >= 0.3 is 0 Å². The minimum absolute atomic E-state index is 0.514. The third-order valence-corrected chi connectivity index (χ3v) is 1.11. The predicted octanol–water partition coefficient (Wildman–Crippen LogP) is 2.09. The Hall–Kier alpha value is -1.05. The molecule has 2 nitrogen and oxygen atoms in total. The molecule has 11 heavy (non-hydrogen) atoms. The van der Waals surface area contributed by atoms with Gasteiger partial charge in [0.1, 0.15) is 5.82 Å². The summed E-state index contributed by atoms with van der Waals surface area (Å²) in [6.45, 7) is 7.79. The van der Waals surface area contributed by atoms with Crippen LogP contribution in [0.5, 0.6) is 0 Å². The number of nitrogens with two attached hydrogens (primary N) is 1. The van der Waals surface area contributed by atoms with Crippen LogP contribution in [0.15, 0.2) is 29.5 Å². The second-order valence-corrected chi connectivity index (χ2v) is 2.77. The van der Waals surface area contributed by atoms with Crippen LogP contribution in [0.2, 0.25) is 0 Å². The maximum absolute atomic E-state index is 5.46. The molecular weight excluding hydrogens is 136 g/mol. The maximum atomic E-state index is 5.46. The van der Waals surface area contributed by atoms with Crippen molar-refractivity contribution >= 4 is 6.21 Å². The van der Waals surface area contributed by atoms with E-state index in [1.165, 1.54) is 0 Å². The van der Waals surface area contributed by atoms with E-state index in [2.05, 4.69) is 25.4 Å². The molecule has 0 aliphatic carbocycles. The number of hydrogen-bond acceptors (Lipinski definition) is 2. The Balaban J connectivity index is 3.73. The number of allylic oxidation sites excluding steroid dienone is 2. The highest BCUT2D eigenvalue weighted by atomic mass is 14.9. The van der Waals surface area contributed by atoms with Crippen molar-refractivity contribution in [1.29, 1.82) is 0 Å². The zero-order valence-corrected chi connectivity index (χ0v) is 7.25. The summed E-state index contributed by atoms with van der Waals surface area (Å²) >= 11 is 0. The van der Waals surface area contributed by atoms with Gasteiger partial charge < -0.3 is 5.73 Å². The van der Waals surface area contributed by atoms with Crippen molar-refractivity contribution in [3.05, 3.63) is 24.6 Å². The molecule has 0 aliphatic heterocycles.